The molecule has 0 unspecified atom stereocenters. The summed E-state index contributed by atoms with van der Waals surface area (Å²) in [5.74, 6) is 1.77. The molecule has 5 nitrogen and oxygen atoms in total. The molecule has 58 heavy (non-hydrogen) atoms. The van der Waals surface area contributed by atoms with Crippen molar-refractivity contribution in [1.29, 1.82) is 0 Å². The third-order valence-corrected chi connectivity index (χ3v) is 11.3. The van der Waals surface area contributed by atoms with E-state index >= 15 is 0 Å². The molecule has 0 N–H and O–H groups in total. The topological polar surface area (TPSA) is 65.0 Å². The van der Waals surface area contributed by atoms with Crippen molar-refractivity contribution in [3.05, 3.63) is 188 Å². The van der Waals surface area contributed by atoms with Gasteiger partial charge < -0.3 is 8.83 Å². The van der Waals surface area contributed by atoms with E-state index in [0.717, 1.165) is 93.6 Å². The van der Waals surface area contributed by atoms with Crippen molar-refractivity contribution in [2.45, 2.75) is 0 Å². The molecule has 0 radical (unpaired) electrons. The quantitative estimate of drug-likeness (QED) is 0.176. The molecule has 0 fully saturated rings. The molecule has 9 aromatic carbocycles. The lowest BCUT2D eigenvalue weighted by atomic mass is 9.99. The maximum Gasteiger partial charge on any atom is 0.164 e. The van der Waals surface area contributed by atoms with Crippen LogP contribution in [0.5, 0.6) is 0 Å². The molecule has 0 saturated heterocycles. The maximum absolute atomic E-state index is 6.58. The number of benzene rings is 9. The van der Waals surface area contributed by atoms with Gasteiger partial charge in [0, 0.05) is 38.2 Å². The van der Waals surface area contributed by atoms with Crippen LogP contribution < -0.4 is 0 Å². The van der Waals surface area contributed by atoms with Crippen LogP contribution in [-0.2, 0) is 0 Å². The molecule has 270 valence electrons. The number of para-hydroxylation sites is 1. The van der Waals surface area contributed by atoms with Gasteiger partial charge in [0.1, 0.15) is 22.3 Å². The first-order valence-corrected chi connectivity index (χ1v) is 19.4. The normalized spacial score (nSPS) is 11.8. The zero-order valence-electron chi connectivity index (χ0n) is 31.1. The highest BCUT2D eigenvalue weighted by molar-refractivity contribution is 6.19. The Hall–Kier alpha value is -7.89. The number of fused-ring (bicyclic) bond motifs is 9. The van der Waals surface area contributed by atoms with E-state index in [-0.39, 0.29) is 0 Å². The van der Waals surface area contributed by atoms with Gasteiger partial charge in [0.25, 0.3) is 0 Å². The molecular formula is C53H31N3O2. The lowest BCUT2D eigenvalue weighted by molar-refractivity contribution is 0.669. The molecule has 12 rings (SSSR count). The minimum absolute atomic E-state index is 0.579. The van der Waals surface area contributed by atoms with E-state index in [0.29, 0.717) is 17.5 Å². The van der Waals surface area contributed by atoms with Crippen molar-refractivity contribution >= 4 is 65.4 Å². The molecule has 0 bridgehead atoms. The van der Waals surface area contributed by atoms with Gasteiger partial charge in [-0.2, -0.15) is 0 Å². The number of hydrogen-bond acceptors (Lipinski definition) is 5. The Morgan fingerprint density at radius 3 is 1.74 bits per heavy atom. The highest BCUT2D eigenvalue weighted by atomic mass is 16.3. The van der Waals surface area contributed by atoms with E-state index in [1.165, 1.54) is 10.8 Å². The average molecular weight is 742 g/mol. The van der Waals surface area contributed by atoms with Crippen LogP contribution in [0.15, 0.2) is 197 Å². The second-order valence-electron chi connectivity index (χ2n) is 14.8. The second-order valence-corrected chi connectivity index (χ2v) is 14.8. The van der Waals surface area contributed by atoms with Crippen molar-refractivity contribution in [1.82, 2.24) is 15.0 Å². The number of rotatable bonds is 5. The van der Waals surface area contributed by atoms with E-state index in [1.54, 1.807) is 0 Å². The first kappa shape index (κ1) is 32.4. The fraction of sp³-hybridized carbons (Fsp3) is 0. The average Bonchev–Trinajstić information content (AvgIpc) is 3.87. The molecule has 3 aromatic heterocycles. The summed E-state index contributed by atoms with van der Waals surface area (Å²) >= 11 is 0. The summed E-state index contributed by atoms with van der Waals surface area (Å²) in [5, 5.41) is 8.81. The van der Waals surface area contributed by atoms with Crippen molar-refractivity contribution in [3.63, 3.8) is 0 Å². The number of furan rings is 2. The Bertz CT molecular complexity index is 3570. The Balaban J connectivity index is 1.02. The fourth-order valence-corrected chi connectivity index (χ4v) is 8.45. The summed E-state index contributed by atoms with van der Waals surface area (Å²) in [6.07, 6.45) is 0. The number of nitrogens with zero attached hydrogens (tertiary/aromatic N) is 3. The summed E-state index contributed by atoms with van der Waals surface area (Å²) in [7, 11) is 0. The molecule has 0 amide bonds. The number of hydrogen-bond donors (Lipinski definition) is 0. The van der Waals surface area contributed by atoms with Crippen LogP contribution in [0.2, 0.25) is 0 Å². The van der Waals surface area contributed by atoms with Crippen LogP contribution >= 0.6 is 0 Å². The third-order valence-electron chi connectivity index (χ3n) is 11.3. The summed E-state index contributed by atoms with van der Waals surface area (Å²) in [4.78, 5) is 15.6. The van der Waals surface area contributed by atoms with E-state index in [4.69, 9.17) is 23.8 Å². The zero-order valence-corrected chi connectivity index (χ0v) is 31.1. The maximum atomic E-state index is 6.58. The van der Waals surface area contributed by atoms with Gasteiger partial charge in [-0.25, -0.2) is 15.0 Å². The monoisotopic (exact) mass is 741 g/mol. The van der Waals surface area contributed by atoms with Crippen LogP contribution in [0, 0.1) is 0 Å². The molecule has 0 spiro atoms. The first-order chi connectivity index (χ1) is 28.7. The van der Waals surface area contributed by atoms with E-state index in [9.17, 15) is 0 Å². The van der Waals surface area contributed by atoms with Gasteiger partial charge in [0.15, 0.2) is 17.5 Å². The highest BCUT2D eigenvalue weighted by Crippen LogP contribution is 2.40. The van der Waals surface area contributed by atoms with Gasteiger partial charge in [-0.3, -0.25) is 0 Å². The summed E-state index contributed by atoms with van der Waals surface area (Å²) in [6, 6.07) is 65.2. The van der Waals surface area contributed by atoms with Crippen molar-refractivity contribution in [2.24, 2.45) is 0 Å². The van der Waals surface area contributed by atoms with Crippen LogP contribution in [0.1, 0.15) is 0 Å². The molecule has 12 aromatic rings. The van der Waals surface area contributed by atoms with Crippen molar-refractivity contribution in [2.75, 3.05) is 0 Å². The smallest absolute Gasteiger partial charge is 0.164 e. The highest BCUT2D eigenvalue weighted by Gasteiger charge is 2.19. The second kappa shape index (κ2) is 12.8. The molecule has 0 aliphatic rings. The third kappa shape index (κ3) is 5.29. The van der Waals surface area contributed by atoms with E-state index < -0.39 is 0 Å². The Morgan fingerprint density at radius 1 is 0.276 bits per heavy atom. The van der Waals surface area contributed by atoms with Crippen LogP contribution in [0.25, 0.3) is 122 Å². The molecule has 0 saturated carbocycles. The van der Waals surface area contributed by atoms with Gasteiger partial charge >= 0.3 is 0 Å². The summed E-state index contributed by atoms with van der Waals surface area (Å²) in [5.41, 5.74) is 10.5. The van der Waals surface area contributed by atoms with Gasteiger partial charge in [-0.1, -0.05) is 146 Å². The van der Waals surface area contributed by atoms with Gasteiger partial charge in [0.2, 0.25) is 0 Å². The van der Waals surface area contributed by atoms with Crippen LogP contribution in [0.4, 0.5) is 0 Å². The fourth-order valence-electron chi connectivity index (χ4n) is 8.45. The minimum atomic E-state index is 0.579. The van der Waals surface area contributed by atoms with E-state index in [1.807, 2.05) is 30.3 Å². The van der Waals surface area contributed by atoms with Crippen molar-refractivity contribution < 1.29 is 8.83 Å². The van der Waals surface area contributed by atoms with Gasteiger partial charge in [-0.05, 0) is 86.3 Å². The zero-order chi connectivity index (χ0) is 38.2. The Morgan fingerprint density at radius 2 is 0.845 bits per heavy atom. The van der Waals surface area contributed by atoms with Crippen LogP contribution in [0.3, 0.4) is 0 Å². The van der Waals surface area contributed by atoms with Gasteiger partial charge in [-0.15, -0.1) is 0 Å². The minimum Gasteiger partial charge on any atom is -0.456 e. The predicted molar refractivity (Wildman–Crippen MR) is 237 cm³/mol. The summed E-state index contributed by atoms with van der Waals surface area (Å²) in [6.45, 7) is 0. The summed E-state index contributed by atoms with van der Waals surface area (Å²) < 4.78 is 12.8. The lowest BCUT2D eigenvalue weighted by Crippen LogP contribution is -2.00. The molecular weight excluding hydrogens is 711 g/mol. The molecule has 5 heteroatoms. The molecule has 3 heterocycles. The predicted octanol–water partition coefficient (Wildman–Crippen LogP) is 14.3. The first-order valence-electron chi connectivity index (χ1n) is 19.4. The SMILES string of the molecule is c1ccc(-c2ccc(-c3nc(-c4ccc5c(ccc6oc7ccccc7c65)c4)nc(-c4cccc5oc6cc(-c7ccc8ccccc8c7)ccc6c45)n3)cc2)cc1. The molecule has 0 atom stereocenters. The van der Waals surface area contributed by atoms with Crippen molar-refractivity contribution in [3.8, 4) is 56.4 Å². The number of aromatic nitrogens is 3. The van der Waals surface area contributed by atoms with E-state index in [2.05, 4.69) is 158 Å². The lowest BCUT2D eigenvalue weighted by Gasteiger charge is -2.11. The Labute approximate surface area is 332 Å². The standard InChI is InChI=1S/C53H31N3O2/c1-2-9-32(10-3-1)34-17-20-35(21-18-34)51-54-52(40-24-26-41-39(30-40)25-28-47-49(41)42-13-6-7-15-45(42)57-47)56-53(55-51)44-14-8-16-46-50(44)43-27-23-38(31-48(43)58-46)37-22-19-33-11-4-5-12-36(33)29-37/h1-31H. The molecule has 0 aliphatic heterocycles. The van der Waals surface area contributed by atoms with Gasteiger partial charge in [0.05, 0.1) is 0 Å². The Kier molecular flexibility index (Phi) is 7.16. The largest absolute Gasteiger partial charge is 0.456 e. The molecule has 0 aliphatic carbocycles. The van der Waals surface area contributed by atoms with Crippen LogP contribution in [-0.4, -0.2) is 15.0 Å².